The van der Waals surface area contributed by atoms with E-state index in [0.717, 1.165) is 50.0 Å². The number of halogens is 2. The molecule has 1 aromatic heterocycles. The summed E-state index contributed by atoms with van der Waals surface area (Å²) in [5.41, 5.74) is 2.81. The van der Waals surface area contributed by atoms with Crippen LogP contribution in [-0.4, -0.2) is 51.4 Å². The second kappa shape index (κ2) is 11.6. The molecule has 0 bridgehead atoms. The average Bonchev–Trinajstić information content (AvgIpc) is 3.52. The molecule has 2 aromatic carbocycles. The van der Waals surface area contributed by atoms with Crippen molar-refractivity contribution in [2.24, 2.45) is 5.92 Å². The van der Waals surface area contributed by atoms with Gasteiger partial charge in [-0.3, -0.25) is 14.5 Å². The predicted octanol–water partition coefficient (Wildman–Crippen LogP) is 4.69. The van der Waals surface area contributed by atoms with Crippen LogP contribution >= 0.6 is 23.2 Å². The minimum Gasteiger partial charge on any atom is -0.352 e. The molecule has 5 rings (SSSR count). The van der Waals surface area contributed by atoms with Gasteiger partial charge >= 0.3 is 0 Å². The maximum absolute atomic E-state index is 12.8. The van der Waals surface area contributed by atoms with E-state index >= 15 is 0 Å². The number of benzene rings is 2. The number of amides is 2. The molecule has 0 radical (unpaired) electrons. The van der Waals surface area contributed by atoms with Gasteiger partial charge in [0.15, 0.2) is 0 Å². The van der Waals surface area contributed by atoms with E-state index in [1.54, 1.807) is 18.2 Å². The molecule has 37 heavy (non-hydrogen) atoms. The van der Waals surface area contributed by atoms with Crippen LogP contribution in [0.25, 0.3) is 11.4 Å². The Labute approximate surface area is 225 Å². The molecule has 194 valence electrons. The van der Waals surface area contributed by atoms with Gasteiger partial charge in [-0.25, -0.2) is 0 Å². The van der Waals surface area contributed by atoms with Gasteiger partial charge in [0, 0.05) is 42.6 Å². The molecular formula is C27H29Cl2N5O3. The number of aromatic nitrogens is 2. The van der Waals surface area contributed by atoms with Crippen molar-refractivity contribution >= 4 is 35.0 Å². The number of rotatable bonds is 8. The zero-order chi connectivity index (χ0) is 25.8. The Morgan fingerprint density at radius 1 is 1.05 bits per heavy atom. The molecule has 3 aromatic rings. The predicted molar refractivity (Wildman–Crippen MR) is 141 cm³/mol. The molecule has 3 heterocycles. The Morgan fingerprint density at radius 2 is 1.86 bits per heavy atom. The first-order valence-electron chi connectivity index (χ1n) is 12.6. The molecule has 2 fully saturated rings. The number of piperidine rings is 1. The second-order valence-electron chi connectivity index (χ2n) is 9.64. The molecule has 0 atom stereocenters. The first-order valence-corrected chi connectivity index (χ1v) is 13.3. The van der Waals surface area contributed by atoms with E-state index in [-0.39, 0.29) is 17.7 Å². The Morgan fingerprint density at radius 3 is 2.62 bits per heavy atom. The van der Waals surface area contributed by atoms with Gasteiger partial charge in [0.1, 0.15) is 0 Å². The summed E-state index contributed by atoms with van der Waals surface area (Å²) < 4.78 is 5.43. The van der Waals surface area contributed by atoms with Crippen molar-refractivity contribution in [3.8, 4) is 11.4 Å². The van der Waals surface area contributed by atoms with E-state index in [2.05, 4.69) is 26.4 Å². The van der Waals surface area contributed by atoms with Crippen molar-refractivity contribution in [2.45, 2.75) is 45.3 Å². The summed E-state index contributed by atoms with van der Waals surface area (Å²) >= 11 is 12.2. The summed E-state index contributed by atoms with van der Waals surface area (Å²) in [6, 6.07) is 13.3. The minimum absolute atomic E-state index is 0.0206. The fourth-order valence-electron chi connectivity index (χ4n) is 4.91. The summed E-state index contributed by atoms with van der Waals surface area (Å²) in [6.45, 7) is 4.02. The van der Waals surface area contributed by atoms with Crippen molar-refractivity contribution < 1.29 is 14.1 Å². The molecule has 0 unspecified atom stereocenters. The third-order valence-corrected chi connectivity index (χ3v) is 7.51. The number of hydrogen-bond donors (Lipinski definition) is 1. The smallest absolute Gasteiger partial charge is 0.241 e. The summed E-state index contributed by atoms with van der Waals surface area (Å²) in [5, 5.41) is 8.17. The van der Waals surface area contributed by atoms with Crippen LogP contribution in [-0.2, 0) is 29.2 Å². The average molecular weight is 542 g/mol. The number of nitrogens with zero attached hydrogens (tertiary/aromatic N) is 4. The van der Waals surface area contributed by atoms with Crippen molar-refractivity contribution in [2.75, 3.05) is 19.6 Å². The quantitative estimate of drug-likeness (QED) is 0.444. The van der Waals surface area contributed by atoms with Crippen LogP contribution in [0.2, 0.25) is 10.0 Å². The normalized spacial score (nSPS) is 16.9. The number of carbonyl (C=O) groups is 2. The van der Waals surface area contributed by atoms with Gasteiger partial charge in [0.2, 0.25) is 23.5 Å². The highest BCUT2D eigenvalue weighted by Crippen LogP contribution is 2.29. The summed E-state index contributed by atoms with van der Waals surface area (Å²) in [4.78, 5) is 33.3. The fourth-order valence-corrected chi connectivity index (χ4v) is 5.40. The van der Waals surface area contributed by atoms with Crippen LogP contribution in [0.5, 0.6) is 0 Å². The fraction of sp³-hybridized carbons (Fsp3) is 0.407. The van der Waals surface area contributed by atoms with Crippen molar-refractivity contribution in [1.82, 2.24) is 25.3 Å². The molecule has 8 nitrogen and oxygen atoms in total. The van der Waals surface area contributed by atoms with E-state index in [9.17, 15) is 9.59 Å². The Kier molecular flexibility index (Phi) is 8.08. The molecule has 2 aliphatic rings. The summed E-state index contributed by atoms with van der Waals surface area (Å²) in [7, 11) is 0. The van der Waals surface area contributed by atoms with Crippen LogP contribution in [0.1, 0.15) is 42.7 Å². The highest BCUT2D eigenvalue weighted by Gasteiger charge is 2.26. The lowest BCUT2D eigenvalue weighted by Crippen LogP contribution is -2.40. The van der Waals surface area contributed by atoms with Gasteiger partial charge in [-0.05, 0) is 61.7 Å². The second-order valence-corrected chi connectivity index (χ2v) is 10.5. The van der Waals surface area contributed by atoms with Gasteiger partial charge in [0.25, 0.3) is 0 Å². The molecule has 2 aliphatic heterocycles. The number of likely N-dealkylation sites (tertiary alicyclic amines) is 2. The lowest BCUT2D eigenvalue weighted by atomic mass is 9.96. The molecule has 0 spiro atoms. The molecule has 2 amide bonds. The topological polar surface area (TPSA) is 91.6 Å². The van der Waals surface area contributed by atoms with E-state index in [1.807, 2.05) is 23.1 Å². The first kappa shape index (κ1) is 25.7. The SMILES string of the molecule is O=C(NCc1cccc(CN2CCCC2=O)c1)C1CCN(Cc2nc(-c3ccc(Cl)cc3Cl)no2)CC1. The monoisotopic (exact) mass is 541 g/mol. The van der Waals surface area contributed by atoms with Crippen LogP contribution in [0.15, 0.2) is 47.0 Å². The molecular weight excluding hydrogens is 513 g/mol. The Balaban J connectivity index is 1.08. The molecule has 10 heteroatoms. The van der Waals surface area contributed by atoms with Gasteiger partial charge in [0.05, 0.1) is 11.6 Å². The van der Waals surface area contributed by atoms with Crippen molar-refractivity contribution in [3.05, 3.63) is 69.5 Å². The minimum atomic E-state index is -0.0206. The van der Waals surface area contributed by atoms with Gasteiger partial charge in [-0.1, -0.05) is 52.6 Å². The first-order chi connectivity index (χ1) is 17.9. The van der Waals surface area contributed by atoms with E-state index < -0.39 is 0 Å². The standard InChI is InChI=1S/C27H29Cl2N5O3/c28-21-6-7-22(23(29)14-21)26-31-24(37-32-26)17-33-11-8-20(9-12-33)27(36)30-15-18-3-1-4-19(13-18)16-34-10-2-5-25(34)35/h1,3-4,6-7,13-14,20H,2,5,8-12,15-17H2,(H,30,36). The highest BCUT2D eigenvalue weighted by molar-refractivity contribution is 6.36. The maximum atomic E-state index is 12.8. The lowest BCUT2D eigenvalue weighted by Gasteiger charge is -2.30. The third kappa shape index (κ3) is 6.50. The Bertz CT molecular complexity index is 1270. The zero-order valence-electron chi connectivity index (χ0n) is 20.5. The number of nitrogens with one attached hydrogen (secondary N) is 1. The highest BCUT2D eigenvalue weighted by atomic mass is 35.5. The molecule has 2 saturated heterocycles. The van der Waals surface area contributed by atoms with Crippen LogP contribution in [0.4, 0.5) is 0 Å². The lowest BCUT2D eigenvalue weighted by molar-refractivity contribution is -0.128. The maximum Gasteiger partial charge on any atom is 0.241 e. The van der Waals surface area contributed by atoms with Crippen molar-refractivity contribution in [1.29, 1.82) is 0 Å². The van der Waals surface area contributed by atoms with Crippen molar-refractivity contribution in [3.63, 3.8) is 0 Å². The van der Waals surface area contributed by atoms with E-state index in [4.69, 9.17) is 27.7 Å². The van der Waals surface area contributed by atoms with Gasteiger partial charge in [-0.2, -0.15) is 4.98 Å². The largest absolute Gasteiger partial charge is 0.352 e. The Hall–Kier alpha value is -2.94. The van der Waals surface area contributed by atoms with Crippen LogP contribution in [0.3, 0.4) is 0 Å². The van der Waals surface area contributed by atoms with E-state index in [0.29, 0.717) is 53.4 Å². The van der Waals surface area contributed by atoms with Crippen LogP contribution in [0, 0.1) is 5.92 Å². The molecule has 0 aliphatic carbocycles. The van der Waals surface area contributed by atoms with Gasteiger partial charge in [-0.15, -0.1) is 0 Å². The number of carbonyl (C=O) groups excluding carboxylic acids is 2. The zero-order valence-corrected chi connectivity index (χ0v) is 22.0. The molecule has 0 saturated carbocycles. The third-order valence-electron chi connectivity index (χ3n) is 6.96. The summed E-state index contributed by atoms with van der Waals surface area (Å²) in [5.74, 6) is 1.22. The van der Waals surface area contributed by atoms with Gasteiger partial charge < -0.3 is 14.7 Å². The van der Waals surface area contributed by atoms with E-state index in [1.165, 1.54) is 0 Å². The van der Waals surface area contributed by atoms with Crippen LogP contribution < -0.4 is 5.32 Å². The molecule has 1 N–H and O–H groups in total. The summed E-state index contributed by atoms with van der Waals surface area (Å²) in [6.07, 6.45) is 3.12. The number of hydrogen-bond acceptors (Lipinski definition) is 6.